The van der Waals surface area contributed by atoms with Crippen LogP contribution >= 0.6 is 9.24 Å². The third kappa shape index (κ3) is 3.05. The van der Waals surface area contributed by atoms with Gasteiger partial charge in [-0.15, -0.1) is 9.24 Å². The molecule has 1 aliphatic rings. The maximum atomic E-state index is 3.03. The molecule has 0 aliphatic heterocycles. The van der Waals surface area contributed by atoms with Gasteiger partial charge in [-0.1, -0.05) is 26.7 Å². The van der Waals surface area contributed by atoms with Crippen LogP contribution in [0.3, 0.4) is 0 Å². The van der Waals surface area contributed by atoms with Crippen LogP contribution in [-0.4, -0.2) is 5.66 Å². The SMILES string of the molecule is CCC1CCC(P)CC(CC)C1. The topological polar surface area (TPSA) is 0 Å². The Balaban J connectivity index is 2.43. The molecule has 1 rings (SSSR count). The van der Waals surface area contributed by atoms with Gasteiger partial charge >= 0.3 is 0 Å². The average molecular weight is 186 g/mol. The molecule has 0 bridgehead atoms. The highest BCUT2D eigenvalue weighted by Crippen LogP contribution is 2.34. The van der Waals surface area contributed by atoms with Crippen molar-refractivity contribution in [3.05, 3.63) is 0 Å². The Hall–Kier alpha value is 0.430. The minimum atomic E-state index is 0.909. The van der Waals surface area contributed by atoms with Crippen LogP contribution in [0.25, 0.3) is 0 Å². The summed E-state index contributed by atoms with van der Waals surface area (Å²) in [4.78, 5) is 0. The molecule has 4 atom stereocenters. The summed E-state index contributed by atoms with van der Waals surface area (Å²) in [6.45, 7) is 4.70. The van der Waals surface area contributed by atoms with Gasteiger partial charge in [0.25, 0.3) is 0 Å². The molecule has 0 nitrogen and oxygen atoms in total. The zero-order valence-corrected chi connectivity index (χ0v) is 9.71. The van der Waals surface area contributed by atoms with E-state index in [4.69, 9.17) is 0 Å². The van der Waals surface area contributed by atoms with Crippen molar-refractivity contribution in [1.29, 1.82) is 0 Å². The molecule has 0 aromatic rings. The van der Waals surface area contributed by atoms with Crippen LogP contribution < -0.4 is 0 Å². The van der Waals surface area contributed by atoms with E-state index in [0.717, 1.165) is 17.5 Å². The molecule has 12 heavy (non-hydrogen) atoms. The quantitative estimate of drug-likeness (QED) is 0.454. The van der Waals surface area contributed by atoms with Gasteiger partial charge in [0.2, 0.25) is 0 Å². The van der Waals surface area contributed by atoms with Crippen molar-refractivity contribution in [2.24, 2.45) is 11.8 Å². The fourth-order valence-electron chi connectivity index (χ4n) is 2.39. The van der Waals surface area contributed by atoms with E-state index in [9.17, 15) is 0 Å². The standard InChI is InChI=1S/C11H23P/c1-3-9-5-6-11(12)8-10(4-2)7-9/h9-11H,3-8,12H2,1-2H3. The third-order valence-corrected chi connectivity index (χ3v) is 4.01. The largest absolute Gasteiger partial charge is 0.134 e. The molecule has 0 radical (unpaired) electrons. The van der Waals surface area contributed by atoms with E-state index < -0.39 is 0 Å². The number of rotatable bonds is 2. The predicted octanol–water partition coefficient (Wildman–Crippen LogP) is 3.86. The van der Waals surface area contributed by atoms with E-state index in [1.54, 1.807) is 0 Å². The van der Waals surface area contributed by atoms with Gasteiger partial charge in [0, 0.05) is 0 Å². The summed E-state index contributed by atoms with van der Waals surface area (Å²) >= 11 is 0. The summed E-state index contributed by atoms with van der Waals surface area (Å²) in [5, 5.41) is 0. The van der Waals surface area contributed by atoms with Gasteiger partial charge in [0.05, 0.1) is 0 Å². The molecule has 0 saturated heterocycles. The van der Waals surface area contributed by atoms with Crippen LogP contribution in [0.15, 0.2) is 0 Å². The second-order valence-corrected chi connectivity index (χ2v) is 5.30. The normalized spacial score (nSPS) is 37.8. The van der Waals surface area contributed by atoms with Gasteiger partial charge in [0.1, 0.15) is 0 Å². The fourth-order valence-corrected chi connectivity index (χ4v) is 2.96. The zero-order valence-electron chi connectivity index (χ0n) is 8.55. The Kier molecular flexibility index (Phi) is 4.57. The summed E-state index contributed by atoms with van der Waals surface area (Å²) in [6.07, 6.45) is 8.66. The summed E-state index contributed by atoms with van der Waals surface area (Å²) in [7, 11) is 3.03. The summed E-state index contributed by atoms with van der Waals surface area (Å²) < 4.78 is 0. The first-order valence-electron chi connectivity index (χ1n) is 5.51. The lowest BCUT2D eigenvalue weighted by Crippen LogP contribution is -2.05. The first kappa shape index (κ1) is 10.5. The number of hydrogen-bond donors (Lipinski definition) is 0. The van der Waals surface area contributed by atoms with E-state index in [1.807, 2.05) is 0 Å². The van der Waals surface area contributed by atoms with Crippen molar-refractivity contribution in [2.45, 2.75) is 58.0 Å². The average Bonchev–Trinajstić information content (AvgIpc) is 2.26. The van der Waals surface area contributed by atoms with Crippen molar-refractivity contribution in [3.63, 3.8) is 0 Å². The lowest BCUT2D eigenvalue weighted by molar-refractivity contribution is 0.359. The summed E-state index contributed by atoms with van der Waals surface area (Å²) in [6, 6.07) is 0. The Bertz CT molecular complexity index is 122. The lowest BCUT2D eigenvalue weighted by atomic mass is 9.90. The van der Waals surface area contributed by atoms with E-state index >= 15 is 0 Å². The van der Waals surface area contributed by atoms with Crippen LogP contribution in [0.1, 0.15) is 52.4 Å². The summed E-state index contributed by atoms with van der Waals surface area (Å²) in [5.74, 6) is 2.04. The van der Waals surface area contributed by atoms with E-state index in [1.165, 1.54) is 38.5 Å². The van der Waals surface area contributed by atoms with Gasteiger partial charge in [-0.2, -0.15) is 0 Å². The van der Waals surface area contributed by atoms with Crippen LogP contribution in [0.5, 0.6) is 0 Å². The molecule has 0 amide bonds. The van der Waals surface area contributed by atoms with Crippen molar-refractivity contribution >= 4 is 9.24 Å². The van der Waals surface area contributed by atoms with Crippen LogP contribution in [0.2, 0.25) is 0 Å². The van der Waals surface area contributed by atoms with Crippen molar-refractivity contribution < 1.29 is 0 Å². The molecule has 1 saturated carbocycles. The van der Waals surface area contributed by atoms with E-state index in [-0.39, 0.29) is 0 Å². The van der Waals surface area contributed by atoms with Crippen LogP contribution in [0.4, 0.5) is 0 Å². The van der Waals surface area contributed by atoms with Gasteiger partial charge in [-0.25, -0.2) is 0 Å². The first-order valence-corrected chi connectivity index (χ1v) is 6.18. The third-order valence-electron chi connectivity index (χ3n) is 3.40. The molecule has 0 N–H and O–H groups in total. The van der Waals surface area contributed by atoms with Gasteiger partial charge < -0.3 is 0 Å². The van der Waals surface area contributed by atoms with Gasteiger partial charge in [-0.3, -0.25) is 0 Å². The zero-order chi connectivity index (χ0) is 8.97. The summed E-state index contributed by atoms with van der Waals surface area (Å²) in [5.41, 5.74) is 0.909. The van der Waals surface area contributed by atoms with E-state index in [0.29, 0.717) is 0 Å². The van der Waals surface area contributed by atoms with Gasteiger partial charge in [-0.05, 0) is 43.2 Å². The van der Waals surface area contributed by atoms with Crippen LogP contribution in [0, 0.1) is 11.8 Å². The van der Waals surface area contributed by atoms with Crippen molar-refractivity contribution in [1.82, 2.24) is 0 Å². The highest BCUT2D eigenvalue weighted by molar-refractivity contribution is 7.17. The predicted molar refractivity (Wildman–Crippen MR) is 59.5 cm³/mol. The fraction of sp³-hybridized carbons (Fsp3) is 1.00. The Morgan fingerprint density at radius 1 is 1.00 bits per heavy atom. The second-order valence-electron chi connectivity index (χ2n) is 4.36. The maximum absolute atomic E-state index is 3.03. The highest BCUT2D eigenvalue weighted by atomic mass is 31.0. The van der Waals surface area contributed by atoms with Crippen molar-refractivity contribution in [3.8, 4) is 0 Å². The molecule has 0 spiro atoms. The molecule has 4 unspecified atom stereocenters. The molecule has 1 fully saturated rings. The van der Waals surface area contributed by atoms with Crippen molar-refractivity contribution in [2.75, 3.05) is 0 Å². The second kappa shape index (κ2) is 5.22. The molecular weight excluding hydrogens is 163 g/mol. The first-order chi connectivity index (χ1) is 5.76. The molecule has 1 heteroatoms. The maximum Gasteiger partial charge on any atom is -0.0261 e. The number of hydrogen-bond acceptors (Lipinski definition) is 0. The monoisotopic (exact) mass is 186 g/mol. The molecular formula is C11H23P. The molecule has 72 valence electrons. The Morgan fingerprint density at radius 3 is 2.25 bits per heavy atom. The minimum absolute atomic E-state index is 0.909. The van der Waals surface area contributed by atoms with E-state index in [2.05, 4.69) is 23.1 Å². The smallest absolute Gasteiger partial charge is 0.0261 e. The Morgan fingerprint density at radius 2 is 1.67 bits per heavy atom. The molecule has 0 aromatic carbocycles. The molecule has 0 heterocycles. The molecule has 0 aromatic heterocycles. The van der Waals surface area contributed by atoms with Crippen LogP contribution in [-0.2, 0) is 0 Å². The molecule has 1 aliphatic carbocycles. The van der Waals surface area contributed by atoms with Gasteiger partial charge in [0.15, 0.2) is 0 Å². The minimum Gasteiger partial charge on any atom is -0.134 e. The Labute approximate surface area is 79.7 Å². The highest BCUT2D eigenvalue weighted by Gasteiger charge is 2.21. The lowest BCUT2D eigenvalue weighted by Gasteiger charge is -2.17.